The molecule has 0 aromatic heterocycles. The molecule has 88 valence electrons. The summed E-state index contributed by atoms with van der Waals surface area (Å²) in [6.45, 7) is 2.42. The lowest BCUT2D eigenvalue weighted by Gasteiger charge is -2.08. The quantitative estimate of drug-likeness (QED) is 0.906. The summed E-state index contributed by atoms with van der Waals surface area (Å²) >= 11 is 6.18. The fourth-order valence-electron chi connectivity index (χ4n) is 1.67. The number of carbonyl (C=O) groups is 1. The lowest BCUT2D eigenvalue weighted by atomic mass is 10.1. The van der Waals surface area contributed by atoms with E-state index in [0.29, 0.717) is 17.4 Å². The molecule has 1 N–H and O–H groups in total. The molecule has 0 aliphatic carbocycles. The summed E-state index contributed by atoms with van der Waals surface area (Å²) in [6.07, 6.45) is 0. The minimum Gasteiger partial charge on any atom is -0.492 e. The Morgan fingerprint density at radius 3 is 2.76 bits per heavy atom. The molecule has 0 unspecified atom stereocenters. The molecule has 0 fully saturated rings. The van der Waals surface area contributed by atoms with Gasteiger partial charge >= 0.3 is 5.97 Å². The van der Waals surface area contributed by atoms with Gasteiger partial charge in [-0.25, -0.2) is 4.79 Å². The van der Waals surface area contributed by atoms with Crippen LogP contribution in [0.3, 0.4) is 0 Å². The van der Waals surface area contributed by atoms with E-state index in [1.807, 2.05) is 6.92 Å². The van der Waals surface area contributed by atoms with Gasteiger partial charge < -0.3 is 9.84 Å². The van der Waals surface area contributed by atoms with Gasteiger partial charge in [0.2, 0.25) is 0 Å². The summed E-state index contributed by atoms with van der Waals surface area (Å²) < 4.78 is 5.37. The largest absolute Gasteiger partial charge is 0.492 e. The molecule has 3 nitrogen and oxygen atoms in total. The van der Waals surface area contributed by atoms with E-state index in [1.165, 1.54) is 6.07 Å². The number of carboxylic acids is 1. The summed E-state index contributed by atoms with van der Waals surface area (Å²) in [6, 6.07) is 8.38. The first-order valence-electron chi connectivity index (χ1n) is 5.22. The summed E-state index contributed by atoms with van der Waals surface area (Å²) in [5, 5.41) is 11.0. The van der Waals surface area contributed by atoms with Crippen LogP contribution in [0.25, 0.3) is 10.8 Å². The van der Waals surface area contributed by atoms with Crippen molar-refractivity contribution in [2.45, 2.75) is 6.92 Å². The summed E-state index contributed by atoms with van der Waals surface area (Å²) in [5.41, 5.74) is 0.248. The van der Waals surface area contributed by atoms with Crippen molar-refractivity contribution in [3.63, 3.8) is 0 Å². The Labute approximate surface area is 104 Å². The van der Waals surface area contributed by atoms with Crippen LogP contribution in [-0.2, 0) is 0 Å². The van der Waals surface area contributed by atoms with Gasteiger partial charge in [-0.15, -0.1) is 0 Å². The highest BCUT2D eigenvalue weighted by atomic mass is 35.5. The Balaban J connectivity index is 2.60. The summed E-state index contributed by atoms with van der Waals surface area (Å²) in [5.74, 6) is -0.332. The lowest BCUT2D eigenvalue weighted by molar-refractivity contribution is 0.0697. The number of halogens is 1. The molecule has 0 aliphatic rings. The van der Waals surface area contributed by atoms with Crippen LogP contribution in [0.15, 0.2) is 30.3 Å². The number of benzene rings is 2. The first-order valence-corrected chi connectivity index (χ1v) is 5.59. The number of rotatable bonds is 3. The van der Waals surface area contributed by atoms with Gasteiger partial charge in [0.05, 0.1) is 17.2 Å². The molecule has 0 heterocycles. The van der Waals surface area contributed by atoms with Crippen LogP contribution in [0.4, 0.5) is 0 Å². The second-order valence-corrected chi connectivity index (χ2v) is 3.93. The Hall–Kier alpha value is -1.74. The van der Waals surface area contributed by atoms with Crippen molar-refractivity contribution in [3.8, 4) is 5.75 Å². The molecule has 0 bridgehead atoms. The van der Waals surface area contributed by atoms with E-state index in [2.05, 4.69) is 0 Å². The first-order chi connectivity index (χ1) is 8.13. The van der Waals surface area contributed by atoms with Gasteiger partial charge in [0.25, 0.3) is 0 Å². The van der Waals surface area contributed by atoms with Crippen molar-refractivity contribution in [1.29, 1.82) is 0 Å². The zero-order valence-corrected chi connectivity index (χ0v) is 9.99. The third kappa shape index (κ3) is 2.19. The molecule has 0 atom stereocenters. The standard InChI is InChI=1S/C13H11ClO3/c1-2-17-11-6-4-8-7-9(13(15)16)3-5-10(8)12(11)14/h3-7H,2H2,1H3,(H,15,16). The van der Waals surface area contributed by atoms with E-state index in [0.717, 1.165) is 10.8 Å². The molecular formula is C13H11ClO3. The van der Waals surface area contributed by atoms with Gasteiger partial charge in [-0.1, -0.05) is 23.7 Å². The number of fused-ring (bicyclic) bond motifs is 1. The van der Waals surface area contributed by atoms with E-state index in [9.17, 15) is 4.79 Å². The van der Waals surface area contributed by atoms with E-state index in [4.69, 9.17) is 21.4 Å². The summed E-state index contributed by atoms with van der Waals surface area (Å²) in [7, 11) is 0. The molecule has 2 aromatic carbocycles. The van der Waals surface area contributed by atoms with Gasteiger partial charge in [0.1, 0.15) is 5.75 Å². The van der Waals surface area contributed by atoms with E-state index in [1.54, 1.807) is 24.3 Å². The van der Waals surface area contributed by atoms with E-state index >= 15 is 0 Å². The Morgan fingerprint density at radius 2 is 2.12 bits per heavy atom. The number of hydrogen-bond donors (Lipinski definition) is 1. The van der Waals surface area contributed by atoms with Crippen molar-refractivity contribution >= 4 is 28.3 Å². The highest BCUT2D eigenvalue weighted by molar-refractivity contribution is 6.37. The predicted octanol–water partition coefficient (Wildman–Crippen LogP) is 3.59. The molecule has 2 rings (SSSR count). The third-order valence-electron chi connectivity index (χ3n) is 2.47. The Morgan fingerprint density at radius 1 is 1.35 bits per heavy atom. The second kappa shape index (κ2) is 4.63. The molecule has 0 saturated heterocycles. The van der Waals surface area contributed by atoms with E-state index < -0.39 is 5.97 Å². The zero-order valence-electron chi connectivity index (χ0n) is 9.24. The van der Waals surface area contributed by atoms with Gasteiger partial charge in [0, 0.05) is 5.39 Å². The van der Waals surface area contributed by atoms with Crippen molar-refractivity contribution in [3.05, 3.63) is 40.9 Å². The number of ether oxygens (including phenoxy) is 1. The topological polar surface area (TPSA) is 46.5 Å². The minimum atomic E-state index is -0.947. The van der Waals surface area contributed by atoms with Crippen LogP contribution in [0.5, 0.6) is 5.75 Å². The molecule has 2 aromatic rings. The van der Waals surface area contributed by atoms with Crippen molar-refractivity contribution < 1.29 is 14.6 Å². The van der Waals surface area contributed by atoms with Gasteiger partial charge in [-0.2, -0.15) is 0 Å². The van der Waals surface area contributed by atoms with Gasteiger partial charge in [0.15, 0.2) is 0 Å². The molecule has 0 spiro atoms. The zero-order chi connectivity index (χ0) is 12.4. The van der Waals surface area contributed by atoms with Crippen LogP contribution in [-0.4, -0.2) is 17.7 Å². The number of carboxylic acid groups (broad SMARTS) is 1. The average molecular weight is 251 g/mol. The maximum absolute atomic E-state index is 10.8. The highest BCUT2D eigenvalue weighted by Gasteiger charge is 2.09. The Kier molecular flexibility index (Phi) is 3.20. The maximum Gasteiger partial charge on any atom is 0.335 e. The van der Waals surface area contributed by atoms with Gasteiger partial charge in [-0.05, 0) is 30.5 Å². The third-order valence-corrected chi connectivity index (χ3v) is 2.86. The number of aromatic carboxylic acids is 1. The van der Waals surface area contributed by atoms with Crippen molar-refractivity contribution in [2.24, 2.45) is 0 Å². The van der Waals surface area contributed by atoms with Crippen LogP contribution < -0.4 is 4.74 Å². The second-order valence-electron chi connectivity index (χ2n) is 3.55. The molecule has 0 amide bonds. The molecule has 0 saturated carbocycles. The summed E-state index contributed by atoms with van der Waals surface area (Å²) in [4.78, 5) is 10.8. The van der Waals surface area contributed by atoms with Crippen molar-refractivity contribution in [2.75, 3.05) is 6.61 Å². The lowest BCUT2D eigenvalue weighted by Crippen LogP contribution is -1.96. The fraction of sp³-hybridized carbons (Fsp3) is 0.154. The molecule has 0 aliphatic heterocycles. The predicted molar refractivity (Wildman–Crippen MR) is 67.1 cm³/mol. The van der Waals surface area contributed by atoms with E-state index in [-0.39, 0.29) is 5.56 Å². The Bertz CT molecular complexity index is 578. The normalized spacial score (nSPS) is 10.5. The number of hydrogen-bond acceptors (Lipinski definition) is 2. The fourth-order valence-corrected chi connectivity index (χ4v) is 1.96. The molecular weight excluding hydrogens is 240 g/mol. The maximum atomic E-state index is 10.8. The minimum absolute atomic E-state index is 0.248. The van der Waals surface area contributed by atoms with Gasteiger partial charge in [-0.3, -0.25) is 0 Å². The highest BCUT2D eigenvalue weighted by Crippen LogP contribution is 2.33. The first kappa shape index (κ1) is 11.7. The molecule has 4 heteroatoms. The molecule has 17 heavy (non-hydrogen) atoms. The van der Waals surface area contributed by atoms with Crippen LogP contribution in [0, 0.1) is 0 Å². The monoisotopic (exact) mass is 250 g/mol. The smallest absolute Gasteiger partial charge is 0.335 e. The molecule has 0 radical (unpaired) electrons. The van der Waals surface area contributed by atoms with Crippen LogP contribution in [0.2, 0.25) is 5.02 Å². The van der Waals surface area contributed by atoms with Crippen molar-refractivity contribution in [1.82, 2.24) is 0 Å². The van der Waals surface area contributed by atoms with Crippen LogP contribution in [0.1, 0.15) is 17.3 Å². The average Bonchev–Trinajstić information content (AvgIpc) is 2.32. The SMILES string of the molecule is CCOc1ccc2cc(C(=O)O)ccc2c1Cl. The van der Waals surface area contributed by atoms with Crippen LogP contribution >= 0.6 is 11.6 Å².